The van der Waals surface area contributed by atoms with Crippen molar-refractivity contribution >= 4 is 0 Å². The smallest absolute Gasteiger partial charge is 0.243 e. The van der Waals surface area contributed by atoms with Crippen molar-refractivity contribution in [1.29, 1.82) is 0 Å². The van der Waals surface area contributed by atoms with Crippen LogP contribution < -0.4 is 0 Å². The molecule has 0 bridgehead atoms. The lowest BCUT2D eigenvalue weighted by molar-refractivity contribution is 0.164. The third kappa shape index (κ3) is 4.03. The van der Waals surface area contributed by atoms with Crippen molar-refractivity contribution in [3.05, 3.63) is 11.7 Å². The Kier molecular flexibility index (Phi) is 5.37. The SMILES string of the molecule is CCCc1noc(C(C)N(C)CC2CCCCC2)n1. The highest BCUT2D eigenvalue weighted by Gasteiger charge is 2.22. The van der Waals surface area contributed by atoms with Gasteiger partial charge in [0.05, 0.1) is 6.04 Å². The molecule has 0 aliphatic heterocycles. The highest BCUT2D eigenvalue weighted by molar-refractivity contribution is 4.92. The molecule has 0 radical (unpaired) electrons. The largest absolute Gasteiger partial charge is 0.338 e. The van der Waals surface area contributed by atoms with Crippen molar-refractivity contribution in [2.45, 2.75) is 64.8 Å². The Morgan fingerprint density at radius 1 is 1.32 bits per heavy atom. The molecule has 0 aromatic carbocycles. The number of aromatic nitrogens is 2. The lowest BCUT2D eigenvalue weighted by Gasteiger charge is -2.29. The number of hydrogen-bond acceptors (Lipinski definition) is 4. The topological polar surface area (TPSA) is 42.2 Å². The summed E-state index contributed by atoms with van der Waals surface area (Å²) >= 11 is 0. The highest BCUT2D eigenvalue weighted by Crippen LogP contribution is 2.26. The van der Waals surface area contributed by atoms with Crippen LogP contribution in [0.5, 0.6) is 0 Å². The number of rotatable bonds is 6. The number of hydrogen-bond donors (Lipinski definition) is 0. The average Bonchev–Trinajstić information content (AvgIpc) is 2.88. The van der Waals surface area contributed by atoms with Crippen molar-refractivity contribution in [3.63, 3.8) is 0 Å². The monoisotopic (exact) mass is 265 g/mol. The Bertz CT molecular complexity index is 371. The van der Waals surface area contributed by atoms with Gasteiger partial charge in [-0.25, -0.2) is 0 Å². The molecule has 1 aliphatic rings. The molecule has 2 rings (SSSR count). The molecule has 1 atom stereocenters. The van der Waals surface area contributed by atoms with Crippen LogP contribution in [0.15, 0.2) is 4.52 Å². The summed E-state index contributed by atoms with van der Waals surface area (Å²) in [5.74, 6) is 2.46. The van der Waals surface area contributed by atoms with E-state index in [1.807, 2.05) is 0 Å². The maximum absolute atomic E-state index is 5.39. The van der Waals surface area contributed by atoms with Crippen LogP contribution in [0.4, 0.5) is 0 Å². The molecule has 1 unspecified atom stereocenters. The fourth-order valence-electron chi connectivity index (χ4n) is 2.89. The van der Waals surface area contributed by atoms with Crippen LogP contribution in [0.25, 0.3) is 0 Å². The Morgan fingerprint density at radius 3 is 2.74 bits per heavy atom. The minimum atomic E-state index is 0.222. The fourth-order valence-corrected chi connectivity index (χ4v) is 2.89. The molecule has 1 aromatic heterocycles. The van der Waals surface area contributed by atoms with Gasteiger partial charge in [0.2, 0.25) is 5.89 Å². The molecule has 1 heterocycles. The van der Waals surface area contributed by atoms with Gasteiger partial charge in [0.25, 0.3) is 0 Å². The second-order valence-electron chi connectivity index (χ2n) is 5.92. The summed E-state index contributed by atoms with van der Waals surface area (Å²) < 4.78 is 5.39. The molecule has 0 spiro atoms. The minimum absolute atomic E-state index is 0.222. The van der Waals surface area contributed by atoms with Crippen molar-refractivity contribution in [1.82, 2.24) is 15.0 Å². The van der Waals surface area contributed by atoms with Gasteiger partial charge >= 0.3 is 0 Å². The van der Waals surface area contributed by atoms with Gasteiger partial charge in [-0.15, -0.1) is 0 Å². The molecule has 19 heavy (non-hydrogen) atoms. The van der Waals surface area contributed by atoms with Crippen molar-refractivity contribution < 1.29 is 4.52 Å². The van der Waals surface area contributed by atoms with Gasteiger partial charge in [-0.05, 0) is 39.2 Å². The van der Waals surface area contributed by atoms with E-state index in [0.29, 0.717) is 0 Å². The number of aryl methyl sites for hydroxylation is 1. The molecule has 4 nitrogen and oxygen atoms in total. The van der Waals surface area contributed by atoms with Gasteiger partial charge in [-0.1, -0.05) is 31.3 Å². The van der Waals surface area contributed by atoms with Crippen LogP contribution in [0.2, 0.25) is 0 Å². The molecule has 1 aromatic rings. The molecule has 0 amide bonds. The summed E-state index contributed by atoms with van der Waals surface area (Å²) in [6.07, 6.45) is 8.93. The first-order valence-corrected chi connectivity index (χ1v) is 7.73. The van der Waals surface area contributed by atoms with Crippen LogP contribution in [0.3, 0.4) is 0 Å². The fraction of sp³-hybridized carbons (Fsp3) is 0.867. The third-order valence-corrected chi connectivity index (χ3v) is 4.25. The molecule has 0 saturated heterocycles. The summed E-state index contributed by atoms with van der Waals surface area (Å²) in [4.78, 5) is 6.85. The molecule has 0 N–H and O–H groups in total. The second-order valence-corrected chi connectivity index (χ2v) is 5.92. The zero-order valence-electron chi connectivity index (χ0n) is 12.6. The van der Waals surface area contributed by atoms with Gasteiger partial charge in [-0.2, -0.15) is 4.98 Å². The van der Waals surface area contributed by atoms with Crippen LogP contribution in [-0.4, -0.2) is 28.6 Å². The van der Waals surface area contributed by atoms with Crippen LogP contribution in [0.1, 0.15) is 70.1 Å². The predicted octanol–water partition coefficient (Wildman–Crippen LogP) is 3.60. The Labute approximate surface area is 116 Å². The van der Waals surface area contributed by atoms with E-state index in [9.17, 15) is 0 Å². The molecule has 1 aliphatic carbocycles. The van der Waals surface area contributed by atoms with Gasteiger partial charge in [0.1, 0.15) is 0 Å². The summed E-state index contributed by atoms with van der Waals surface area (Å²) in [5.41, 5.74) is 0. The van der Waals surface area contributed by atoms with Crippen molar-refractivity contribution in [2.24, 2.45) is 5.92 Å². The normalized spacial score (nSPS) is 18.9. The van der Waals surface area contributed by atoms with Gasteiger partial charge < -0.3 is 4.52 Å². The maximum atomic E-state index is 5.39. The minimum Gasteiger partial charge on any atom is -0.338 e. The summed E-state index contributed by atoms with van der Waals surface area (Å²) in [6, 6.07) is 0.222. The maximum Gasteiger partial charge on any atom is 0.243 e. The predicted molar refractivity (Wildman–Crippen MR) is 75.9 cm³/mol. The Hall–Kier alpha value is -0.900. The molecular formula is C15H27N3O. The standard InChI is InChI=1S/C15H27N3O/c1-4-8-14-16-15(19-17-14)12(2)18(3)11-13-9-6-5-7-10-13/h12-13H,4-11H2,1-3H3. The summed E-state index contributed by atoms with van der Waals surface area (Å²) in [7, 11) is 2.17. The molecule has 1 saturated carbocycles. The van der Waals surface area contributed by atoms with Crippen LogP contribution >= 0.6 is 0 Å². The first kappa shape index (κ1) is 14.5. The van der Waals surface area contributed by atoms with Crippen molar-refractivity contribution in [3.8, 4) is 0 Å². The van der Waals surface area contributed by atoms with E-state index in [1.165, 1.54) is 32.1 Å². The first-order chi connectivity index (χ1) is 9.20. The van der Waals surface area contributed by atoms with Crippen LogP contribution in [0, 0.1) is 5.92 Å². The van der Waals surface area contributed by atoms with Gasteiger partial charge in [0.15, 0.2) is 5.82 Å². The second kappa shape index (κ2) is 7.04. The van der Waals surface area contributed by atoms with Gasteiger partial charge in [-0.3, -0.25) is 4.90 Å². The van der Waals surface area contributed by atoms with Crippen LogP contribution in [-0.2, 0) is 6.42 Å². The lowest BCUT2D eigenvalue weighted by atomic mass is 9.89. The zero-order valence-corrected chi connectivity index (χ0v) is 12.6. The zero-order chi connectivity index (χ0) is 13.7. The van der Waals surface area contributed by atoms with Gasteiger partial charge in [0, 0.05) is 13.0 Å². The van der Waals surface area contributed by atoms with E-state index in [1.54, 1.807) is 0 Å². The highest BCUT2D eigenvalue weighted by atomic mass is 16.5. The summed E-state index contributed by atoms with van der Waals surface area (Å²) in [6.45, 7) is 5.44. The molecule has 108 valence electrons. The van der Waals surface area contributed by atoms with Crippen molar-refractivity contribution in [2.75, 3.05) is 13.6 Å². The third-order valence-electron chi connectivity index (χ3n) is 4.25. The van der Waals surface area contributed by atoms with E-state index in [-0.39, 0.29) is 6.04 Å². The van der Waals surface area contributed by atoms with E-state index >= 15 is 0 Å². The van der Waals surface area contributed by atoms with E-state index in [2.05, 4.69) is 35.9 Å². The average molecular weight is 265 g/mol. The Balaban J connectivity index is 1.87. The molecular weight excluding hydrogens is 238 g/mol. The molecule has 4 heteroatoms. The Morgan fingerprint density at radius 2 is 2.05 bits per heavy atom. The number of nitrogens with zero attached hydrogens (tertiary/aromatic N) is 3. The van der Waals surface area contributed by atoms with E-state index in [4.69, 9.17) is 4.52 Å². The lowest BCUT2D eigenvalue weighted by Crippen LogP contribution is -2.29. The van der Waals surface area contributed by atoms with E-state index in [0.717, 1.165) is 37.0 Å². The first-order valence-electron chi connectivity index (χ1n) is 7.73. The van der Waals surface area contributed by atoms with E-state index < -0.39 is 0 Å². The molecule has 1 fully saturated rings. The summed E-state index contributed by atoms with van der Waals surface area (Å²) in [5, 5.41) is 4.04. The quantitative estimate of drug-likeness (QED) is 0.788.